The van der Waals surface area contributed by atoms with Crippen LogP contribution >= 0.6 is 0 Å². The normalized spacial score (nSPS) is 8.96. The summed E-state index contributed by atoms with van der Waals surface area (Å²) in [4.78, 5) is 11.5. The first-order valence-corrected chi connectivity index (χ1v) is 23.2. The Morgan fingerprint density at radius 2 is 0.627 bits per heavy atom. The molecule has 0 aromatic heterocycles. The Morgan fingerprint density at radius 3 is 0.824 bits per heavy atom. The Balaban J connectivity index is -0.0000000654. The highest BCUT2D eigenvalue weighted by atomic mass is 16.3. The van der Waals surface area contributed by atoms with Crippen LogP contribution in [-0.4, -0.2) is 30.2 Å². The van der Waals surface area contributed by atoms with Crippen molar-refractivity contribution < 1.29 is 9.90 Å². The molecule has 0 fully saturated rings. The molecule has 4 nitrogen and oxygen atoms in total. The first-order valence-electron chi connectivity index (χ1n) is 23.2. The Morgan fingerprint density at radius 1 is 0.431 bits per heavy atom. The fraction of sp³-hybridized carbons (Fsp3) is 0.979. The number of carbonyl (C=O) groups is 1. The minimum absolute atomic E-state index is 0.0298. The summed E-state index contributed by atoms with van der Waals surface area (Å²) in [6.07, 6.45) is 29.9. The largest absolute Gasteiger partial charge is 0.390 e. The summed E-state index contributed by atoms with van der Waals surface area (Å²) in [5.41, 5.74) is 5.29. The van der Waals surface area contributed by atoms with Crippen molar-refractivity contribution >= 4 is 5.91 Å². The van der Waals surface area contributed by atoms with Crippen LogP contribution in [0.15, 0.2) is 0 Å². The Labute approximate surface area is 330 Å². The van der Waals surface area contributed by atoms with Gasteiger partial charge in [-0.3, -0.25) is 4.79 Å². The highest BCUT2D eigenvalue weighted by molar-refractivity contribution is 5.75. The van der Waals surface area contributed by atoms with Crippen LogP contribution in [0.25, 0.3) is 0 Å². The molecule has 0 aliphatic rings. The molecule has 324 valence electrons. The fourth-order valence-corrected chi connectivity index (χ4v) is 3.06. The predicted octanol–water partition coefficient (Wildman–Crippen LogP) is 17.0. The predicted molar refractivity (Wildman–Crippen MR) is 247 cm³/mol. The maximum Gasteiger partial charge on any atom is 0.220 e. The lowest BCUT2D eigenvalue weighted by atomic mass is 10.0. The van der Waals surface area contributed by atoms with Crippen LogP contribution in [0.5, 0.6) is 0 Å². The Kier molecular flexibility index (Phi) is 163. The highest BCUT2D eigenvalue weighted by Crippen LogP contribution is 2.13. The van der Waals surface area contributed by atoms with Crippen molar-refractivity contribution in [3.05, 3.63) is 0 Å². The van der Waals surface area contributed by atoms with Crippen LogP contribution in [0.3, 0.4) is 0 Å². The van der Waals surface area contributed by atoms with E-state index in [9.17, 15) is 9.90 Å². The Hall–Kier alpha value is -0.610. The van der Waals surface area contributed by atoms with Gasteiger partial charge in [-0.25, -0.2) is 0 Å². The molecular weight excluding hydrogens is 625 g/mol. The van der Waals surface area contributed by atoms with Gasteiger partial charge in [-0.05, 0) is 6.42 Å². The monoisotopic (exact) mass is 739 g/mol. The lowest BCUT2D eigenvalue weighted by molar-refractivity contribution is -0.121. The zero-order valence-corrected chi connectivity index (χ0v) is 40.4. The van der Waals surface area contributed by atoms with Crippen molar-refractivity contribution in [2.24, 2.45) is 5.73 Å². The molecule has 1 unspecified atom stereocenters. The maximum absolute atomic E-state index is 11.5. The second-order valence-electron chi connectivity index (χ2n) is 13.1. The highest BCUT2D eigenvalue weighted by Gasteiger charge is 2.04. The van der Waals surface area contributed by atoms with Gasteiger partial charge in [0.15, 0.2) is 0 Å². The van der Waals surface area contributed by atoms with Gasteiger partial charge in [-0.1, -0.05) is 273 Å². The number of unbranched alkanes of at least 4 members (excludes halogenated alkanes) is 14. The van der Waals surface area contributed by atoms with Gasteiger partial charge < -0.3 is 16.2 Å². The number of hydrogen-bond donors (Lipinski definition) is 3. The summed E-state index contributed by atoms with van der Waals surface area (Å²) in [7, 11) is 0. The zero-order valence-electron chi connectivity index (χ0n) is 40.4. The van der Waals surface area contributed by atoms with Crippen LogP contribution < -0.4 is 11.1 Å². The summed E-state index contributed by atoms with van der Waals surface area (Å²) >= 11 is 0. The number of nitrogens with two attached hydrogens (primary N) is 1. The minimum Gasteiger partial charge on any atom is -0.390 e. The fourth-order valence-electron chi connectivity index (χ4n) is 3.06. The molecule has 0 aromatic carbocycles. The molecule has 1 atom stereocenters. The summed E-state index contributed by atoms with van der Waals surface area (Å²) in [5.74, 6) is 0.0298. The van der Waals surface area contributed by atoms with Crippen molar-refractivity contribution in [1.82, 2.24) is 5.32 Å². The number of aliphatic hydroxyl groups is 1. The standard InChI is InChI=1S/C21H44N2O2.8C3H8.C2H6/c1-2-3-4-5-6-7-8-9-10-11-12-13-14-15-16-17-21(25)23-19-20(24)18-22;8*1-3-2;1-2/h20,24H,2-19,22H2,1H3,(H,23,25);8*3H2,1-2H3;1-2H3. The summed E-state index contributed by atoms with van der Waals surface area (Å²) in [6.45, 7) is 40.7. The van der Waals surface area contributed by atoms with Crippen molar-refractivity contribution in [1.29, 1.82) is 0 Å². The van der Waals surface area contributed by atoms with Crippen molar-refractivity contribution in [3.63, 3.8) is 0 Å². The van der Waals surface area contributed by atoms with Crippen LogP contribution in [0.1, 0.15) is 286 Å². The third kappa shape index (κ3) is 203. The van der Waals surface area contributed by atoms with E-state index in [1.54, 1.807) is 0 Å². The Bertz CT molecular complexity index is 368. The molecule has 4 N–H and O–H groups in total. The topological polar surface area (TPSA) is 75.3 Å². The molecule has 0 heterocycles. The summed E-state index contributed by atoms with van der Waals surface area (Å²) in [5, 5.41) is 12.0. The SMILES string of the molecule is CC.CCC.CCC.CCC.CCC.CCC.CCC.CCC.CCC.CCCCCCCCCCCCCCCCCC(=O)NCC(O)CN. The van der Waals surface area contributed by atoms with Crippen LogP contribution in [0.4, 0.5) is 0 Å². The van der Waals surface area contributed by atoms with Gasteiger partial charge in [0.25, 0.3) is 0 Å². The van der Waals surface area contributed by atoms with Gasteiger partial charge in [-0.2, -0.15) is 0 Å². The van der Waals surface area contributed by atoms with Crippen molar-refractivity contribution in [2.45, 2.75) is 292 Å². The van der Waals surface area contributed by atoms with E-state index in [1.807, 2.05) is 13.8 Å². The number of amides is 1. The van der Waals surface area contributed by atoms with E-state index in [2.05, 4.69) is 123 Å². The maximum atomic E-state index is 11.5. The first-order chi connectivity index (χ1) is 24.5. The summed E-state index contributed by atoms with van der Waals surface area (Å²) < 4.78 is 0. The molecule has 0 aromatic rings. The lowest BCUT2D eigenvalue weighted by Gasteiger charge is -2.09. The van der Waals surface area contributed by atoms with E-state index in [0.29, 0.717) is 6.42 Å². The molecule has 0 radical (unpaired) electrons. The molecule has 0 rings (SSSR count). The molecule has 0 saturated heterocycles. The number of carbonyl (C=O) groups excluding carboxylic acids is 1. The van der Waals surface area contributed by atoms with E-state index < -0.39 is 6.10 Å². The quantitative estimate of drug-likeness (QED) is 0.116. The molecular formula is C47H114N2O2. The summed E-state index contributed by atoms with van der Waals surface area (Å²) in [6, 6.07) is 0. The first kappa shape index (κ1) is 75.3. The van der Waals surface area contributed by atoms with Gasteiger partial charge in [0.1, 0.15) is 0 Å². The number of rotatable bonds is 19. The molecule has 0 saturated carbocycles. The number of nitrogens with one attached hydrogen (secondary N) is 1. The van der Waals surface area contributed by atoms with Gasteiger partial charge >= 0.3 is 0 Å². The molecule has 0 aliphatic carbocycles. The van der Waals surface area contributed by atoms with Crippen LogP contribution in [0.2, 0.25) is 0 Å². The van der Waals surface area contributed by atoms with E-state index in [0.717, 1.165) is 12.8 Å². The van der Waals surface area contributed by atoms with E-state index in [1.165, 1.54) is 135 Å². The molecule has 1 amide bonds. The smallest absolute Gasteiger partial charge is 0.220 e. The van der Waals surface area contributed by atoms with Crippen LogP contribution in [-0.2, 0) is 4.79 Å². The zero-order chi connectivity index (χ0) is 42.2. The van der Waals surface area contributed by atoms with E-state index in [-0.39, 0.29) is 19.0 Å². The molecule has 0 bridgehead atoms. The minimum atomic E-state index is -0.620. The van der Waals surface area contributed by atoms with Gasteiger partial charge in [0, 0.05) is 19.5 Å². The molecule has 51 heavy (non-hydrogen) atoms. The average molecular weight is 739 g/mol. The van der Waals surface area contributed by atoms with Crippen LogP contribution in [0, 0.1) is 0 Å². The third-order valence-electron chi connectivity index (χ3n) is 4.81. The second kappa shape index (κ2) is 110. The molecule has 0 aliphatic heterocycles. The molecule has 0 spiro atoms. The van der Waals surface area contributed by atoms with Crippen molar-refractivity contribution in [2.75, 3.05) is 13.1 Å². The second-order valence-corrected chi connectivity index (χ2v) is 13.1. The molecule has 4 heteroatoms. The van der Waals surface area contributed by atoms with Gasteiger partial charge in [0.05, 0.1) is 6.10 Å². The lowest BCUT2D eigenvalue weighted by Crippen LogP contribution is -2.35. The van der Waals surface area contributed by atoms with E-state index >= 15 is 0 Å². The number of aliphatic hydroxyl groups excluding tert-OH is 1. The average Bonchev–Trinajstić information content (AvgIpc) is 3.09. The van der Waals surface area contributed by atoms with Crippen molar-refractivity contribution in [3.8, 4) is 0 Å². The van der Waals surface area contributed by atoms with Gasteiger partial charge in [0.2, 0.25) is 5.91 Å². The van der Waals surface area contributed by atoms with E-state index in [4.69, 9.17) is 5.73 Å². The third-order valence-corrected chi connectivity index (χ3v) is 4.81. The van der Waals surface area contributed by atoms with Gasteiger partial charge in [-0.15, -0.1) is 0 Å². The number of hydrogen-bond acceptors (Lipinski definition) is 3.